The molecule has 0 radical (unpaired) electrons. The zero-order chi connectivity index (χ0) is 13.4. The Bertz CT molecular complexity index is 651. The van der Waals surface area contributed by atoms with Gasteiger partial charge in [0, 0.05) is 12.1 Å². The van der Waals surface area contributed by atoms with Crippen molar-refractivity contribution in [3.8, 4) is 5.75 Å². The molecular formula is C17H18NO+. The van der Waals surface area contributed by atoms with Crippen molar-refractivity contribution in [2.75, 3.05) is 6.73 Å². The molecule has 0 saturated heterocycles. The lowest BCUT2D eigenvalue weighted by atomic mass is 10.1. The first kappa shape index (κ1) is 12.0. The smallest absolute Gasteiger partial charge is 0.292 e. The maximum absolute atomic E-state index is 5.90. The van der Waals surface area contributed by atoms with E-state index in [4.69, 9.17) is 4.74 Å². The molecule has 0 atom stereocenters. The minimum absolute atomic E-state index is 0.570. The third-order valence-electron chi connectivity index (χ3n) is 3.42. The van der Waals surface area contributed by atoms with Gasteiger partial charge in [-0.3, -0.25) is 0 Å². The molecule has 0 aromatic heterocycles. The molecule has 19 heavy (non-hydrogen) atoms. The van der Waals surface area contributed by atoms with Crippen LogP contribution in [-0.4, -0.2) is 17.5 Å². The lowest BCUT2D eigenvalue weighted by molar-refractivity contribution is -0.476. The number of fused-ring (bicyclic) bond motifs is 1. The molecule has 0 bridgehead atoms. The molecule has 0 N–H and O–H groups in total. The number of hydrogen-bond donors (Lipinski definition) is 0. The standard InChI is InChI=1S/C17H18NO/c1-12-7-13(2)9-16(8-12)18-10-15-6-4-5-14(3)17(15)19-11-18/h4-10H,11H2,1-3H3/q+1. The van der Waals surface area contributed by atoms with Crippen molar-refractivity contribution < 1.29 is 9.31 Å². The number of benzene rings is 2. The predicted molar refractivity (Wildman–Crippen MR) is 77.7 cm³/mol. The minimum Gasteiger partial charge on any atom is -0.435 e. The molecular weight excluding hydrogens is 234 g/mol. The second-order valence-corrected chi connectivity index (χ2v) is 5.21. The van der Waals surface area contributed by atoms with Gasteiger partial charge >= 0.3 is 0 Å². The van der Waals surface area contributed by atoms with Gasteiger partial charge in [-0.25, -0.2) is 0 Å². The molecule has 2 heteroatoms. The van der Waals surface area contributed by atoms with E-state index in [2.05, 4.69) is 68.0 Å². The van der Waals surface area contributed by atoms with E-state index in [1.165, 1.54) is 22.4 Å². The summed E-state index contributed by atoms with van der Waals surface area (Å²) in [5.74, 6) is 1.00. The van der Waals surface area contributed by atoms with Gasteiger partial charge in [-0.2, -0.15) is 4.58 Å². The fraction of sp³-hybridized carbons (Fsp3) is 0.235. The molecule has 0 amide bonds. The van der Waals surface area contributed by atoms with E-state index in [-0.39, 0.29) is 0 Å². The fourth-order valence-electron chi connectivity index (χ4n) is 2.58. The first-order chi connectivity index (χ1) is 9.13. The van der Waals surface area contributed by atoms with Crippen LogP contribution in [0.5, 0.6) is 5.75 Å². The Balaban J connectivity index is 2.08. The van der Waals surface area contributed by atoms with Gasteiger partial charge in [0.2, 0.25) is 5.69 Å². The van der Waals surface area contributed by atoms with Crippen molar-refractivity contribution in [1.82, 2.24) is 0 Å². The quantitative estimate of drug-likeness (QED) is 0.704. The third-order valence-corrected chi connectivity index (χ3v) is 3.42. The highest BCUT2D eigenvalue weighted by atomic mass is 16.5. The maximum atomic E-state index is 5.90. The second kappa shape index (κ2) is 4.54. The Hall–Kier alpha value is -2.09. The summed E-state index contributed by atoms with van der Waals surface area (Å²) in [5, 5.41) is 0. The summed E-state index contributed by atoms with van der Waals surface area (Å²) in [5.41, 5.74) is 6.07. The summed E-state index contributed by atoms with van der Waals surface area (Å²) in [6, 6.07) is 12.8. The van der Waals surface area contributed by atoms with Crippen LogP contribution in [-0.2, 0) is 0 Å². The van der Waals surface area contributed by atoms with Gasteiger partial charge in [0.25, 0.3) is 6.73 Å². The van der Waals surface area contributed by atoms with Crippen LogP contribution in [0, 0.1) is 20.8 Å². The molecule has 0 fully saturated rings. The lowest BCUT2D eigenvalue weighted by Crippen LogP contribution is -2.21. The van der Waals surface area contributed by atoms with Crippen LogP contribution in [0.3, 0.4) is 0 Å². The molecule has 0 aliphatic carbocycles. The van der Waals surface area contributed by atoms with Crippen molar-refractivity contribution in [1.29, 1.82) is 0 Å². The van der Waals surface area contributed by atoms with E-state index in [0.717, 1.165) is 11.3 Å². The fourth-order valence-corrected chi connectivity index (χ4v) is 2.58. The summed E-state index contributed by atoms with van der Waals surface area (Å²) >= 11 is 0. The average Bonchev–Trinajstić information content (AvgIpc) is 2.37. The minimum atomic E-state index is 0.570. The molecule has 0 saturated carbocycles. The van der Waals surface area contributed by atoms with E-state index < -0.39 is 0 Å². The third kappa shape index (κ3) is 2.26. The Morgan fingerprint density at radius 1 is 1.00 bits per heavy atom. The first-order valence-electron chi connectivity index (χ1n) is 6.56. The first-order valence-corrected chi connectivity index (χ1v) is 6.56. The highest BCUT2D eigenvalue weighted by Gasteiger charge is 2.20. The molecule has 0 unspecified atom stereocenters. The highest BCUT2D eigenvalue weighted by molar-refractivity contribution is 5.82. The number of ether oxygens (including phenoxy) is 1. The monoisotopic (exact) mass is 252 g/mol. The molecule has 0 spiro atoms. The summed E-state index contributed by atoms with van der Waals surface area (Å²) in [4.78, 5) is 0. The van der Waals surface area contributed by atoms with Crippen molar-refractivity contribution in [3.63, 3.8) is 0 Å². The predicted octanol–water partition coefficient (Wildman–Crippen LogP) is 3.72. The van der Waals surface area contributed by atoms with Crippen LogP contribution in [0.2, 0.25) is 0 Å². The number of nitrogens with zero attached hydrogens (tertiary/aromatic N) is 1. The number of hydrogen-bond acceptors (Lipinski definition) is 1. The van der Waals surface area contributed by atoms with Gasteiger partial charge in [0.05, 0.1) is 5.56 Å². The van der Waals surface area contributed by atoms with E-state index >= 15 is 0 Å². The van der Waals surface area contributed by atoms with Gasteiger partial charge < -0.3 is 4.74 Å². The van der Waals surface area contributed by atoms with Crippen LogP contribution < -0.4 is 4.74 Å². The average molecular weight is 252 g/mol. The van der Waals surface area contributed by atoms with Crippen molar-refractivity contribution in [2.45, 2.75) is 20.8 Å². The van der Waals surface area contributed by atoms with E-state index in [0.29, 0.717) is 6.73 Å². The molecule has 96 valence electrons. The molecule has 1 aliphatic heterocycles. The summed E-state index contributed by atoms with van der Waals surface area (Å²) in [6.07, 6.45) is 2.17. The summed E-state index contributed by atoms with van der Waals surface area (Å²) in [6.45, 7) is 6.90. The van der Waals surface area contributed by atoms with Crippen molar-refractivity contribution >= 4 is 11.9 Å². The van der Waals surface area contributed by atoms with E-state index in [1.807, 2.05) is 0 Å². The van der Waals surface area contributed by atoms with Crippen LogP contribution in [0.25, 0.3) is 0 Å². The van der Waals surface area contributed by atoms with Gasteiger partial charge in [0.15, 0.2) is 6.21 Å². The van der Waals surface area contributed by atoms with Crippen LogP contribution >= 0.6 is 0 Å². The summed E-state index contributed by atoms with van der Waals surface area (Å²) in [7, 11) is 0. The molecule has 3 rings (SSSR count). The van der Waals surface area contributed by atoms with Crippen molar-refractivity contribution in [2.24, 2.45) is 0 Å². The topological polar surface area (TPSA) is 12.2 Å². The zero-order valence-electron chi connectivity index (χ0n) is 11.6. The molecule has 1 aliphatic rings. The van der Waals surface area contributed by atoms with Gasteiger partial charge in [0.1, 0.15) is 5.75 Å². The molecule has 2 nitrogen and oxygen atoms in total. The van der Waals surface area contributed by atoms with E-state index in [1.54, 1.807) is 0 Å². The largest absolute Gasteiger partial charge is 0.435 e. The number of aryl methyl sites for hydroxylation is 3. The Labute approximate surface area is 114 Å². The van der Waals surface area contributed by atoms with Crippen LogP contribution in [0.4, 0.5) is 5.69 Å². The summed E-state index contributed by atoms with van der Waals surface area (Å²) < 4.78 is 8.05. The van der Waals surface area contributed by atoms with Gasteiger partial charge in [-0.15, -0.1) is 0 Å². The Morgan fingerprint density at radius 3 is 2.47 bits per heavy atom. The normalized spacial score (nSPS) is 13.5. The number of para-hydroxylation sites is 1. The van der Waals surface area contributed by atoms with Gasteiger partial charge in [-0.05, 0) is 43.5 Å². The maximum Gasteiger partial charge on any atom is 0.292 e. The molecule has 2 aromatic carbocycles. The molecule has 1 heterocycles. The van der Waals surface area contributed by atoms with Crippen molar-refractivity contribution in [3.05, 3.63) is 58.7 Å². The van der Waals surface area contributed by atoms with Gasteiger partial charge in [-0.1, -0.05) is 18.2 Å². The SMILES string of the molecule is Cc1cc(C)cc([N+]2=Cc3cccc(C)c3OC2)c1. The Morgan fingerprint density at radius 2 is 1.74 bits per heavy atom. The Kier molecular flexibility index (Phi) is 2.86. The second-order valence-electron chi connectivity index (χ2n) is 5.21. The highest BCUT2D eigenvalue weighted by Crippen LogP contribution is 2.27. The molecule has 2 aromatic rings. The van der Waals surface area contributed by atoms with Crippen LogP contribution in [0.15, 0.2) is 36.4 Å². The zero-order valence-corrected chi connectivity index (χ0v) is 11.6. The lowest BCUT2D eigenvalue weighted by Gasteiger charge is -2.15. The van der Waals surface area contributed by atoms with E-state index in [9.17, 15) is 0 Å². The number of rotatable bonds is 1. The van der Waals surface area contributed by atoms with Crippen LogP contribution in [0.1, 0.15) is 22.3 Å².